The van der Waals surface area contributed by atoms with Crippen LogP contribution in [0.2, 0.25) is 0 Å². The highest BCUT2D eigenvalue weighted by atomic mass is 32.1. The van der Waals surface area contributed by atoms with Crippen molar-refractivity contribution in [3.63, 3.8) is 0 Å². The maximum absolute atomic E-state index is 13.8. The Bertz CT molecular complexity index is 587. The lowest BCUT2D eigenvalue weighted by atomic mass is 10.1. The van der Waals surface area contributed by atoms with Crippen LogP contribution in [0.4, 0.5) is 10.1 Å². The van der Waals surface area contributed by atoms with Crippen molar-refractivity contribution in [2.75, 3.05) is 18.4 Å². The molecule has 21 heavy (non-hydrogen) atoms. The van der Waals surface area contributed by atoms with Gasteiger partial charge in [0, 0.05) is 31.1 Å². The van der Waals surface area contributed by atoms with Crippen molar-refractivity contribution >= 4 is 22.9 Å². The van der Waals surface area contributed by atoms with Crippen LogP contribution in [0.15, 0.2) is 29.8 Å². The lowest BCUT2D eigenvalue weighted by Gasteiger charge is -2.12. The van der Waals surface area contributed by atoms with Crippen LogP contribution in [0.5, 0.6) is 0 Å². The number of nitrogens with one attached hydrogen (secondary N) is 2. The normalized spacial score (nSPS) is 10.4. The van der Waals surface area contributed by atoms with E-state index < -0.39 is 5.82 Å². The van der Waals surface area contributed by atoms with Crippen LogP contribution < -0.4 is 10.6 Å². The van der Waals surface area contributed by atoms with Gasteiger partial charge in [-0.2, -0.15) is 0 Å². The number of aromatic nitrogens is 1. The molecule has 112 valence electrons. The second-order valence-electron chi connectivity index (χ2n) is 4.52. The summed E-state index contributed by atoms with van der Waals surface area (Å²) < 4.78 is 13.8. The number of hydrogen-bond acceptors (Lipinski definition) is 4. The van der Waals surface area contributed by atoms with Gasteiger partial charge < -0.3 is 10.6 Å². The highest BCUT2D eigenvalue weighted by Gasteiger charge is 2.14. The maximum atomic E-state index is 13.8. The molecule has 0 atom stereocenters. The average Bonchev–Trinajstić information content (AvgIpc) is 2.99. The largest absolute Gasteiger partial charge is 0.382 e. The molecule has 2 rings (SSSR count). The minimum absolute atomic E-state index is 0.270. The summed E-state index contributed by atoms with van der Waals surface area (Å²) in [7, 11) is 0. The van der Waals surface area contributed by atoms with Crippen LogP contribution >= 0.6 is 11.3 Å². The Hall–Kier alpha value is -1.95. The van der Waals surface area contributed by atoms with Crippen LogP contribution in [0, 0.1) is 5.82 Å². The molecule has 0 saturated carbocycles. The SMILES string of the molecule is CCCNc1c(F)cccc1C(=O)NCCc1nccs1. The Morgan fingerprint density at radius 1 is 1.38 bits per heavy atom. The zero-order chi connectivity index (χ0) is 15.1. The molecule has 0 unspecified atom stereocenters. The summed E-state index contributed by atoms with van der Waals surface area (Å²) in [6.07, 6.45) is 3.27. The number of para-hydroxylation sites is 1. The third-order valence-corrected chi connectivity index (χ3v) is 3.76. The second-order valence-corrected chi connectivity index (χ2v) is 5.50. The quantitative estimate of drug-likeness (QED) is 0.826. The summed E-state index contributed by atoms with van der Waals surface area (Å²) in [6.45, 7) is 3.10. The highest BCUT2D eigenvalue weighted by molar-refractivity contribution is 7.09. The topological polar surface area (TPSA) is 54.0 Å². The van der Waals surface area contributed by atoms with Gasteiger partial charge in [-0.15, -0.1) is 11.3 Å². The molecule has 1 aromatic carbocycles. The Morgan fingerprint density at radius 3 is 2.95 bits per heavy atom. The molecule has 2 N–H and O–H groups in total. The molecule has 1 amide bonds. The van der Waals surface area contributed by atoms with E-state index in [1.165, 1.54) is 6.07 Å². The molecule has 0 aliphatic rings. The maximum Gasteiger partial charge on any atom is 0.253 e. The molecule has 0 bridgehead atoms. The first-order chi connectivity index (χ1) is 10.2. The van der Waals surface area contributed by atoms with Crippen molar-refractivity contribution in [1.82, 2.24) is 10.3 Å². The number of benzene rings is 1. The number of carbonyl (C=O) groups is 1. The summed E-state index contributed by atoms with van der Waals surface area (Å²) in [6, 6.07) is 4.52. The predicted octanol–water partition coefficient (Wildman–Crippen LogP) is 3.08. The van der Waals surface area contributed by atoms with Gasteiger partial charge in [0.2, 0.25) is 0 Å². The van der Waals surface area contributed by atoms with Crippen LogP contribution in [0.3, 0.4) is 0 Å². The van der Waals surface area contributed by atoms with Crippen molar-refractivity contribution in [1.29, 1.82) is 0 Å². The van der Waals surface area contributed by atoms with Crippen molar-refractivity contribution in [3.8, 4) is 0 Å². The fraction of sp³-hybridized carbons (Fsp3) is 0.333. The van der Waals surface area contributed by atoms with E-state index in [9.17, 15) is 9.18 Å². The standard InChI is InChI=1S/C15H18FN3OS/c1-2-7-18-14-11(4-3-5-12(14)16)15(20)19-8-6-13-17-9-10-21-13/h3-5,9-10,18H,2,6-8H2,1H3,(H,19,20). The number of rotatable bonds is 7. The molecule has 6 heteroatoms. The van der Waals surface area contributed by atoms with Gasteiger partial charge in [0.25, 0.3) is 5.91 Å². The molecule has 1 aromatic heterocycles. The van der Waals surface area contributed by atoms with Crippen molar-refractivity contribution in [2.45, 2.75) is 19.8 Å². The van der Waals surface area contributed by atoms with Gasteiger partial charge in [-0.3, -0.25) is 4.79 Å². The first-order valence-electron chi connectivity index (χ1n) is 6.91. The van der Waals surface area contributed by atoms with Crippen molar-refractivity contribution < 1.29 is 9.18 Å². The van der Waals surface area contributed by atoms with Crippen molar-refractivity contribution in [2.24, 2.45) is 0 Å². The van der Waals surface area contributed by atoms with Crippen molar-refractivity contribution in [3.05, 3.63) is 46.2 Å². The van der Waals surface area contributed by atoms with Gasteiger partial charge in [-0.1, -0.05) is 13.0 Å². The third-order valence-electron chi connectivity index (χ3n) is 2.92. The number of anilines is 1. The first kappa shape index (κ1) is 15.4. The minimum Gasteiger partial charge on any atom is -0.382 e. The Morgan fingerprint density at radius 2 is 2.24 bits per heavy atom. The lowest BCUT2D eigenvalue weighted by Crippen LogP contribution is -2.27. The molecule has 2 aromatic rings. The van der Waals surface area contributed by atoms with Gasteiger partial charge in [0.05, 0.1) is 16.3 Å². The molecule has 4 nitrogen and oxygen atoms in total. The number of thiazole rings is 1. The molecular formula is C15H18FN3OS. The van der Waals surface area contributed by atoms with Gasteiger partial charge in [-0.05, 0) is 18.6 Å². The van der Waals surface area contributed by atoms with Gasteiger partial charge >= 0.3 is 0 Å². The second kappa shape index (κ2) is 7.73. The Labute approximate surface area is 127 Å². The fourth-order valence-corrected chi connectivity index (χ4v) is 2.52. The zero-order valence-corrected chi connectivity index (χ0v) is 12.7. The van der Waals surface area contributed by atoms with Crippen LogP contribution in [0.25, 0.3) is 0 Å². The fourth-order valence-electron chi connectivity index (χ4n) is 1.90. The summed E-state index contributed by atoms with van der Waals surface area (Å²) in [5, 5.41) is 8.64. The molecule has 0 fully saturated rings. The van der Waals surface area contributed by atoms with E-state index >= 15 is 0 Å². The summed E-state index contributed by atoms with van der Waals surface area (Å²) >= 11 is 1.55. The lowest BCUT2D eigenvalue weighted by molar-refractivity contribution is 0.0954. The Kier molecular flexibility index (Phi) is 5.68. The van der Waals surface area contributed by atoms with E-state index in [1.54, 1.807) is 29.7 Å². The van der Waals surface area contributed by atoms with E-state index in [1.807, 2.05) is 12.3 Å². The molecule has 0 aliphatic heterocycles. The molecule has 1 heterocycles. The number of carbonyl (C=O) groups excluding carboxylic acids is 1. The smallest absolute Gasteiger partial charge is 0.253 e. The van der Waals surface area contributed by atoms with E-state index in [0.717, 1.165) is 11.4 Å². The van der Waals surface area contributed by atoms with E-state index in [-0.39, 0.29) is 11.6 Å². The average molecular weight is 307 g/mol. The number of amides is 1. The summed E-state index contributed by atoms with van der Waals surface area (Å²) in [5.74, 6) is -0.680. The van der Waals surface area contributed by atoms with E-state index in [2.05, 4.69) is 15.6 Å². The number of hydrogen-bond donors (Lipinski definition) is 2. The van der Waals surface area contributed by atoms with Gasteiger partial charge in [0.1, 0.15) is 5.82 Å². The molecule has 0 aliphatic carbocycles. The number of halogens is 1. The van der Waals surface area contributed by atoms with Crippen LogP contribution in [0.1, 0.15) is 28.7 Å². The zero-order valence-electron chi connectivity index (χ0n) is 11.9. The van der Waals surface area contributed by atoms with Crippen LogP contribution in [-0.4, -0.2) is 24.0 Å². The Balaban J connectivity index is 1.99. The predicted molar refractivity (Wildman–Crippen MR) is 83.3 cm³/mol. The summed E-state index contributed by atoms with van der Waals surface area (Å²) in [5.41, 5.74) is 0.605. The molecule has 0 saturated heterocycles. The molecule has 0 spiro atoms. The highest BCUT2D eigenvalue weighted by Crippen LogP contribution is 2.19. The van der Waals surface area contributed by atoms with Gasteiger partial charge in [0.15, 0.2) is 0 Å². The third kappa shape index (κ3) is 4.26. The first-order valence-corrected chi connectivity index (χ1v) is 7.79. The molecular weight excluding hydrogens is 289 g/mol. The van der Waals surface area contributed by atoms with Gasteiger partial charge in [-0.25, -0.2) is 9.37 Å². The van der Waals surface area contributed by atoms with E-state index in [0.29, 0.717) is 25.1 Å². The summed E-state index contributed by atoms with van der Waals surface area (Å²) in [4.78, 5) is 16.3. The van der Waals surface area contributed by atoms with Crippen LogP contribution in [-0.2, 0) is 6.42 Å². The monoisotopic (exact) mass is 307 g/mol. The minimum atomic E-state index is -0.406. The number of nitrogens with zero attached hydrogens (tertiary/aromatic N) is 1. The van der Waals surface area contributed by atoms with E-state index in [4.69, 9.17) is 0 Å². The molecule has 0 radical (unpaired) electrons.